The Morgan fingerprint density at radius 3 is 2.72 bits per heavy atom. The highest BCUT2D eigenvalue weighted by atomic mass is 35.5. The van der Waals surface area contributed by atoms with Gasteiger partial charge in [-0.25, -0.2) is 0 Å². The number of rotatable bonds is 3. The number of benzene rings is 1. The first-order chi connectivity index (χ1) is 8.58. The maximum atomic E-state index is 12.0. The zero-order valence-corrected chi connectivity index (χ0v) is 11.3. The monoisotopic (exact) mass is 264 g/mol. The van der Waals surface area contributed by atoms with Crippen LogP contribution in [0, 0.1) is 0 Å². The summed E-state index contributed by atoms with van der Waals surface area (Å²) >= 11 is 5.94. The minimum Gasteiger partial charge on any atom is -0.346 e. The molecule has 0 unspecified atom stereocenters. The molecule has 2 rings (SSSR count). The van der Waals surface area contributed by atoms with Crippen LogP contribution in [0.15, 0.2) is 35.4 Å². The van der Waals surface area contributed by atoms with Gasteiger partial charge in [-0.05, 0) is 37.1 Å². The number of carbonyl (C=O) groups is 1. The summed E-state index contributed by atoms with van der Waals surface area (Å²) < 4.78 is 0. The predicted molar refractivity (Wildman–Crippen MR) is 73.6 cm³/mol. The predicted octanol–water partition coefficient (Wildman–Crippen LogP) is 2.44. The maximum absolute atomic E-state index is 12.0. The summed E-state index contributed by atoms with van der Waals surface area (Å²) in [6, 6.07) is 7.51. The summed E-state index contributed by atoms with van der Waals surface area (Å²) in [5, 5.41) is 6.81. The molecular weight excluding hydrogens is 248 g/mol. The normalized spacial score (nSPS) is 15.8. The van der Waals surface area contributed by atoms with E-state index in [9.17, 15) is 4.79 Å². The molecule has 96 valence electrons. The molecule has 1 saturated heterocycles. The van der Waals surface area contributed by atoms with Crippen LogP contribution in [-0.2, 0) is 4.79 Å². The molecule has 3 nitrogen and oxygen atoms in total. The quantitative estimate of drug-likeness (QED) is 0.824. The Morgan fingerprint density at radius 1 is 1.44 bits per heavy atom. The summed E-state index contributed by atoms with van der Waals surface area (Å²) in [7, 11) is 0. The van der Waals surface area contributed by atoms with E-state index < -0.39 is 0 Å². The fourth-order valence-corrected chi connectivity index (χ4v) is 2.04. The van der Waals surface area contributed by atoms with Gasteiger partial charge >= 0.3 is 0 Å². The van der Waals surface area contributed by atoms with Gasteiger partial charge in [-0.3, -0.25) is 4.79 Å². The number of halogens is 1. The van der Waals surface area contributed by atoms with E-state index in [-0.39, 0.29) is 11.9 Å². The van der Waals surface area contributed by atoms with Crippen molar-refractivity contribution in [2.75, 3.05) is 13.1 Å². The number of carbonyl (C=O) groups excluding carboxylic acids is 1. The van der Waals surface area contributed by atoms with Gasteiger partial charge in [0, 0.05) is 23.7 Å². The zero-order chi connectivity index (χ0) is 13.1. The average Bonchev–Trinajstić information content (AvgIpc) is 2.26. The second-order valence-corrected chi connectivity index (χ2v) is 5.02. The SMILES string of the molecule is CC(C(=O)N[C@H](C)c1cccc(Cl)c1)=C1CNC1. The van der Waals surface area contributed by atoms with Gasteiger partial charge in [0.25, 0.3) is 0 Å². The van der Waals surface area contributed by atoms with Gasteiger partial charge < -0.3 is 10.6 Å². The molecule has 1 aromatic rings. The topological polar surface area (TPSA) is 41.1 Å². The van der Waals surface area contributed by atoms with Gasteiger partial charge in [-0.2, -0.15) is 0 Å². The van der Waals surface area contributed by atoms with Gasteiger partial charge in [0.1, 0.15) is 0 Å². The van der Waals surface area contributed by atoms with Crippen molar-refractivity contribution in [1.29, 1.82) is 0 Å². The standard InChI is InChI=1S/C14H17ClN2O/c1-9(12-7-16-8-12)14(18)17-10(2)11-4-3-5-13(15)6-11/h3-6,10,16H,7-8H2,1-2H3,(H,17,18)/t10-/m1/s1. The molecule has 0 aliphatic carbocycles. The van der Waals surface area contributed by atoms with Crippen molar-refractivity contribution in [3.63, 3.8) is 0 Å². The third kappa shape index (κ3) is 2.92. The lowest BCUT2D eigenvalue weighted by molar-refractivity contribution is -0.118. The molecule has 4 heteroatoms. The second kappa shape index (κ2) is 5.55. The van der Waals surface area contributed by atoms with Crippen molar-refractivity contribution in [1.82, 2.24) is 10.6 Å². The van der Waals surface area contributed by atoms with E-state index in [0.717, 1.165) is 24.2 Å². The number of hydrogen-bond acceptors (Lipinski definition) is 2. The fourth-order valence-electron chi connectivity index (χ4n) is 1.84. The molecule has 1 aliphatic heterocycles. The van der Waals surface area contributed by atoms with Crippen LogP contribution < -0.4 is 10.6 Å². The van der Waals surface area contributed by atoms with Crippen molar-refractivity contribution in [3.8, 4) is 0 Å². The van der Waals surface area contributed by atoms with Crippen LogP contribution in [0.1, 0.15) is 25.5 Å². The summed E-state index contributed by atoms with van der Waals surface area (Å²) in [4.78, 5) is 12.0. The minimum atomic E-state index is -0.0419. The van der Waals surface area contributed by atoms with E-state index in [1.54, 1.807) is 0 Å². The van der Waals surface area contributed by atoms with Crippen molar-refractivity contribution in [2.45, 2.75) is 19.9 Å². The van der Waals surface area contributed by atoms with Crippen LogP contribution in [0.3, 0.4) is 0 Å². The molecule has 1 atom stereocenters. The highest BCUT2D eigenvalue weighted by Crippen LogP contribution is 2.18. The van der Waals surface area contributed by atoms with Gasteiger partial charge in [-0.1, -0.05) is 23.7 Å². The molecule has 0 spiro atoms. The van der Waals surface area contributed by atoms with E-state index in [4.69, 9.17) is 11.6 Å². The van der Waals surface area contributed by atoms with Gasteiger partial charge in [0.15, 0.2) is 0 Å². The Bertz CT molecular complexity index is 490. The molecule has 0 radical (unpaired) electrons. The zero-order valence-electron chi connectivity index (χ0n) is 10.6. The molecule has 0 bridgehead atoms. The van der Waals surface area contributed by atoms with Crippen LogP contribution in [0.2, 0.25) is 5.02 Å². The van der Waals surface area contributed by atoms with Crippen LogP contribution in [0.4, 0.5) is 0 Å². The lowest BCUT2D eigenvalue weighted by Crippen LogP contribution is -2.38. The molecular formula is C14H17ClN2O. The van der Waals surface area contributed by atoms with Crippen molar-refractivity contribution in [2.24, 2.45) is 0 Å². The van der Waals surface area contributed by atoms with Gasteiger partial charge in [-0.15, -0.1) is 0 Å². The number of hydrogen-bond donors (Lipinski definition) is 2. The van der Waals surface area contributed by atoms with Crippen LogP contribution in [-0.4, -0.2) is 19.0 Å². The van der Waals surface area contributed by atoms with Crippen molar-refractivity contribution in [3.05, 3.63) is 46.0 Å². The molecule has 1 aromatic carbocycles. The number of nitrogens with one attached hydrogen (secondary N) is 2. The highest BCUT2D eigenvalue weighted by molar-refractivity contribution is 6.30. The van der Waals surface area contributed by atoms with E-state index >= 15 is 0 Å². The first-order valence-corrected chi connectivity index (χ1v) is 6.41. The van der Waals surface area contributed by atoms with E-state index in [2.05, 4.69) is 10.6 Å². The lowest BCUT2D eigenvalue weighted by Gasteiger charge is -2.22. The Morgan fingerprint density at radius 2 is 2.17 bits per heavy atom. The summed E-state index contributed by atoms with van der Waals surface area (Å²) in [6.07, 6.45) is 0. The lowest BCUT2D eigenvalue weighted by atomic mass is 10.0. The van der Waals surface area contributed by atoms with E-state index in [1.807, 2.05) is 38.1 Å². The molecule has 1 amide bonds. The molecule has 0 saturated carbocycles. The maximum Gasteiger partial charge on any atom is 0.247 e. The third-order valence-electron chi connectivity index (χ3n) is 3.24. The third-order valence-corrected chi connectivity index (χ3v) is 3.48. The highest BCUT2D eigenvalue weighted by Gasteiger charge is 2.17. The van der Waals surface area contributed by atoms with Crippen molar-refractivity contribution >= 4 is 17.5 Å². The van der Waals surface area contributed by atoms with Gasteiger partial charge in [0.05, 0.1) is 6.04 Å². The molecule has 1 fully saturated rings. The smallest absolute Gasteiger partial charge is 0.247 e. The van der Waals surface area contributed by atoms with Crippen LogP contribution in [0.5, 0.6) is 0 Å². The van der Waals surface area contributed by atoms with E-state index in [0.29, 0.717) is 5.02 Å². The Hall–Kier alpha value is -1.32. The average molecular weight is 265 g/mol. The summed E-state index contributed by atoms with van der Waals surface area (Å²) in [6.45, 7) is 5.48. The fraction of sp³-hybridized carbons (Fsp3) is 0.357. The molecule has 1 heterocycles. The summed E-state index contributed by atoms with van der Waals surface area (Å²) in [5.74, 6) is -0.000949. The van der Waals surface area contributed by atoms with Crippen LogP contribution >= 0.6 is 11.6 Å². The second-order valence-electron chi connectivity index (χ2n) is 4.58. The van der Waals surface area contributed by atoms with Gasteiger partial charge in [0.2, 0.25) is 5.91 Å². The molecule has 2 N–H and O–H groups in total. The minimum absolute atomic E-state index is 0.000949. The van der Waals surface area contributed by atoms with E-state index in [1.165, 1.54) is 5.57 Å². The molecule has 18 heavy (non-hydrogen) atoms. The Labute approximate surface area is 112 Å². The largest absolute Gasteiger partial charge is 0.346 e. The Balaban J connectivity index is 2.03. The van der Waals surface area contributed by atoms with Crippen LogP contribution in [0.25, 0.3) is 0 Å². The first-order valence-electron chi connectivity index (χ1n) is 6.03. The number of amides is 1. The molecule has 0 aromatic heterocycles. The first kappa shape index (κ1) is 13.1. The Kier molecular flexibility index (Phi) is 4.04. The molecule has 1 aliphatic rings. The summed E-state index contributed by atoms with van der Waals surface area (Å²) in [5.41, 5.74) is 3.02. The van der Waals surface area contributed by atoms with Crippen molar-refractivity contribution < 1.29 is 4.79 Å².